The van der Waals surface area contributed by atoms with Crippen LogP contribution in [-0.2, 0) is 65.4 Å². The van der Waals surface area contributed by atoms with E-state index in [0.717, 1.165) is 108 Å². The number of carbonyl (C=O) groups is 4. The summed E-state index contributed by atoms with van der Waals surface area (Å²) in [6, 6.07) is 0. The summed E-state index contributed by atoms with van der Waals surface area (Å²) in [5, 5.41) is 10.5. The molecule has 0 aromatic heterocycles. The normalized spacial score (nSPS) is 14.2. The van der Waals surface area contributed by atoms with Crippen LogP contribution in [0.15, 0.2) is 0 Å². The van der Waals surface area contributed by atoms with Crippen molar-refractivity contribution in [3.05, 3.63) is 0 Å². The smallest absolute Gasteiger partial charge is 0.462 e. The molecule has 19 heteroatoms. The maximum atomic E-state index is 13.0. The van der Waals surface area contributed by atoms with Crippen molar-refractivity contribution in [2.45, 2.75) is 349 Å². The minimum atomic E-state index is -4.95. The lowest BCUT2D eigenvalue weighted by molar-refractivity contribution is -0.161. The second-order valence-corrected chi connectivity index (χ2v) is 27.7. The lowest BCUT2D eigenvalue weighted by atomic mass is 10.0. The Morgan fingerprint density at radius 2 is 0.541 bits per heavy atom. The monoisotopic (exact) mass is 1250 g/mol. The number of carbonyl (C=O) groups excluding carboxylic acids is 4. The zero-order valence-corrected chi connectivity index (χ0v) is 56.7. The summed E-state index contributed by atoms with van der Waals surface area (Å²) in [5.74, 6) is -0.664. The molecule has 0 rings (SSSR count). The second kappa shape index (κ2) is 58.4. The summed E-state index contributed by atoms with van der Waals surface area (Å²) in [7, 11) is -9.88. The summed E-state index contributed by atoms with van der Waals surface area (Å²) in [6.07, 6.45) is 42.1. The Balaban J connectivity index is 5.17. The Bertz CT molecular complexity index is 1670. The molecule has 3 N–H and O–H groups in total. The molecule has 0 aromatic rings. The molecule has 0 bridgehead atoms. The molecule has 0 amide bonds. The van der Waals surface area contributed by atoms with Gasteiger partial charge in [0.25, 0.3) is 0 Å². The number of aliphatic hydroxyl groups excluding tert-OH is 1. The topological polar surface area (TPSA) is 237 Å². The van der Waals surface area contributed by atoms with E-state index in [1.54, 1.807) is 0 Å². The first-order chi connectivity index (χ1) is 40.9. The van der Waals surface area contributed by atoms with Crippen molar-refractivity contribution < 1.29 is 80.2 Å². The molecular formula is C66H128O17P2. The highest BCUT2D eigenvalue weighted by atomic mass is 31.2. The fourth-order valence-electron chi connectivity index (χ4n) is 9.88. The van der Waals surface area contributed by atoms with Crippen LogP contribution in [0.2, 0.25) is 0 Å². The Labute approximate surface area is 517 Å². The standard InChI is InChI=1S/C66H128O17P2/c1-7-9-11-13-14-15-16-17-18-19-20-21-26-32-38-44-50-65(70)83-62(55-77-64(69)49-43-37-31-25-23-22-24-29-35-40-46-58(3)4)57-81-85(74,75)79-53-60(67)52-78-84(72,73)80-56-61(54-76-63(68)48-42-34-12-10-8-2)82-66(71)51-45-39-33-28-27-30-36-41-47-59(5)6/h58-62,67H,7-57H2,1-6H3,(H,72,73)(H,74,75)/t60-,61+,62+/m0/s1. The quantitative estimate of drug-likeness (QED) is 0.0222. The zero-order chi connectivity index (χ0) is 62.9. The molecule has 2 unspecified atom stereocenters. The van der Waals surface area contributed by atoms with Crippen LogP contribution in [-0.4, -0.2) is 96.7 Å². The van der Waals surface area contributed by atoms with Gasteiger partial charge >= 0.3 is 39.5 Å². The highest BCUT2D eigenvalue weighted by Crippen LogP contribution is 2.45. The van der Waals surface area contributed by atoms with E-state index in [0.29, 0.717) is 25.7 Å². The molecule has 0 radical (unpaired) electrons. The fraction of sp³-hybridized carbons (Fsp3) is 0.939. The molecule has 0 aliphatic rings. The molecule has 0 aromatic carbocycles. The second-order valence-electron chi connectivity index (χ2n) is 24.8. The molecule has 5 atom stereocenters. The molecule has 504 valence electrons. The van der Waals surface area contributed by atoms with E-state index in [9.17, 15) is 43.2 Å². The van der Waals surface area contributed by atoms with E-state index in [4.69, 9.17) is 37.0 Å². The number of aliphatic hydroxyl groups is 1. The number of unbranched alkanes of at least 4 members (excludes halogenated alkanes) is 35. The van der Waals surface area contributed by atoms with E-state index in [1.165, 1.54) is 141 Å². The first-order valence-electron chi connectivity index (χ1n) is 34.5. The van der Waals surface area contributed by atoms with E-state index in [1.807, 2.05) is 0 Å². The third-order valence-corrected chi connectivity index (χ3v) is 17.1. The molecule has 0 aliphatic heterocycles. The average molecular weight is 1260 g/mol. The van der Waals surface area contributed by atoms with Gasteiger partial charge in [0.1, 0.15) is 19.3 Å². The van der Waals surface area contributed by atoms with Gasteiger partial charge in [-0.15, -0.1) is 0 Å². The van der Waals surface area contributed by atoms with E-state index in [2.05, 4.69) is 41.5 Å². The summed E-state index contributed by atoms with van der Waals surface area (Å²) in [4.78, 5) is 72.1. The Morgan fingerprint density at radius 1 is 0.318 bits per heavy atom. The van der Waals surface area contributed by atoms with Crippen molar-refractivity contribution in [3.8, 4) is 0 Å². The van der Waals surface area contributed by atoms with Crippen molar-refractivity contribution in [1.82, 2.24) is 0 Å². The number of hydrogen-bond acceptors (Lipinski definition) is 15. The van der Waals surface area contributed by atoms with E-state index >= 15 is 0 Å². The van der Waals surface area contributed by atoms with Gasteiger partial charge in [0.15, 0.2) is 12.2 Å². The van der Waals surface area contributed by atoms with Gasteiger partial charge in [-0.05, 0) is 37.5 Å². The predicted octanol–water partition coefficient (Wildman–Crippen LogP) is 18.4. The van der Waals surface area contributed by atoms with Crippen molar-refractivity contribution in [1.29, 1.82) is 0 Å². The number of phosphoric acid groups is 2. The predicted molar refractivity (Wildman–Crippen MR) is 340 cm³/mol. The van der Waals surface area contributed by atoms with Crippen molar-refractivity contribution in [2.24, 2.45) is 11.8 Å². The molecule has 85 heavy (non-hydrogen) atoms. The van der Waals surface area contributed by atoms with Crippen LogP contribution in [0.1, 0.15) is 330 Å². The Kier molecular flexibility index (Phi) is 57.1. The molecule has 0 aliphatic carbocycles. The Hall–Kier alpha value is -1.94. The van der Waals surface area contributed by atoms with Crippen molar-refractivity contribution >= 4 is 39.5 Å². The van der Waals surface area contributed by atoms with Crippen molar-refractivity contribution in [3.63, 3.8) is 0 Å². The summed E-state index contributed by atoms with van der Waals surface area (Å²) in [5.41, 5.74) is 0. The molecule has 0 fully saturated rings. The molecule has 0 saturated heterocycles. The summed E-state index contributed by atoms with van der Waals surface area (Å²) in [6.45, 7) is 9.38. The van der Waals surface area contributed by atoms with E-state index < -0.39 is 97.5 Å². The van der Waals surface area contributed by atoms with Gasteiger partial charge in [-0.3, -0.25) is 37.3 Å². The zero-order valence-electron chi connectivity index (χ0n) is 54.9. The summed E-state index contributed by atoms with van der Waals surface area (Å²) < 4.78 is 67.9. The van der Waals surface area contributed by atoms with Crippen LogP contribution in [0.25, 0.3) is 0 Å². The number of hydrogen-bond donors (Lipinski definition) is 3. The maximum Gasteiger partial charge on any atom is 0.472 e. The largest absolute Gasteiger partial charge is 0.472 e. The van der Waals surface area contributed by atoms with Crippen LogP contribution in [0.3, 0.4) is 0 Å². The fourth-order valence-corrected chi connectivity index (χ4v) is 11.5. The van der Waals surface area contributed by atoms with Crippen molar-refractivity contribution in [2.75, 3.05) is 39.6 Å². The minimum Gasteiger partial charge on any atom is -0.462 e. The van der Waals surface area contributed by atoms with Gasteiger partial charge in [-0.25, -0.2) is 9.13 Å². The van der Waals surface area contributed by atoms with Crippen LogP contribution in [0.5, 0.6) is 0 Å². The molecule has 17 nitrogen and oxygen atoms in total. The van der Waals surface area contributed by atoms with Gasteiger partial charge < -0.3 is 33.8 Å². The SMILES string of the molecule is CCCCCCCCCCCCCCCCCCC(=O)O[C@H](COC(=O)CCCCCCCCCCCCC(C)C)COP(=O)(O)OC[C@@H](O)COP(=O)(O)OC[C@@H](COC(=O)CCCCCCC)OC(=O)CCCCCCCCCCC(C)C. The number of esters is 4. The van der Waals surface area contributed by atoms with Gasteiger partial charge in [-0.1, -0.05) is 279 Å². The number of rotatable bonds is 65. The molecule has 0 spiro atoms. The van der Waals surface area contributed by atoms with Gasteiger partial charge in [0.2, 0.25) is 0 Å². The average Bonchev–Trinajstić information content (AvgIpc) is 3.52. The Morgan fingerprint density at radius 3 is 0.800 bits per heavy atom. The lowest BCUT2D eigenvalue weighted by Crippen LogP contribution is -2.30. The van der Waals surface area contributed by atoms with Crippen LogP contribution in [0, 0.1) is 11.8 Å². The first kappa shape index (κ1) is 83.1. The van der Waals surface area contributed by atoms with Gasteiger partial charge in [0, 0.05) is 25.7 Å². The third-order valence-electron chi connectivity index (χ3n) is 15.2. The minimum absolute atomic E-state index is 0.103. The maximum absolute atomic E-state index is 13.0. The number of phosphoric ester groups is 2. The third kappa shape index (κ3) is 60.7. The lowest BCUT2D eigenvalue weighted by Gasteiger charge is -2.21. The van der Waals surface area contributed by atoms with Crippen LogP contribution >= 0.6 is 15.6 Å². The molecule has 0 heterocycles. The highest BCUT2D eigenvalue weighted by molar-refractivity contribution is 7.47. The van der Waals surface area contributed by atoms with E-state index in [-0.39, 0.29) is 25.7 Å². The molecular weight excluding hydrogens is 1130 g/mol. The van der Waals surface area contributed by atoms with Gasteiger partial charge in [0.05, 0.1) is 26.4 Å². The van der Waals surface area contributed by atoms with Crippen LogP contribution < -0.4 is 0 Å². The van der Waals surface area contributed by atoms with Crippen LogP contribution in [0.4, 0.5) is 0 Å². The van der Waals surface area contributed by atoms with Gasteiger partial charge in [-0.2, -0.15) is 0 Å². The first-order valence-corrected chi connectivity index (χ1v) is 37.5. The molecule has 0 saturated carbocycles. The number of ether oxygens (including phenoxy) is 4. The summed E-state index contributed by atoms with van der Waals surface area (Å²) >= 11 is 0. The highest BCUT2D eigenvalue weighted by Gasteiger charge is 2.30.